The molecular formula is C21H42N2O3S. The van der Waals surface area contributed by atoms with Crippen LogP contribution in [0, 0.1) is 5.92 Å². The molecule has 0 aromatic heterocycles. The summed E-state index contributed by atoms with van der Waals surface area (Å²) >= 11 is 1.79. The number of thioether (sulfide) groups is 1. The number of hydrogen-bond donors (Lipinski definition) is 2. The molecular weight excluding hydrogens is 360 g/mol. The van der Waals surface area contributed by atoms with Crippen molar-refractivity contribution in [2.75, 3.05) is 18.9 Å². The lowest BCUT2D eigenvalue weighted by atomic mass is 10.0. The van der Waals surface area contributed by atoms with Crippen LogP contribution in [0.15, 0.2) is 0 Å². The normalized spacial score (nSPS) is 13.0. The molecule has 0 aromatic rings. The van der Waals surface area contributed by atoms with Gasteiger partial charge in [0.1, 0.15) is 0 Å². The maximum absolute atomic E-state index is 12.2. The second kappa shape index (κ2) is 11.3. The first-order valence-electron chi connectivity index (χ1n) is 9.97. The first-order chi connectivity index (χ1) is 12.1. The Labute approximate surface area is 171 Å². The quantitative estimate of drug-likeness (QED) is 0.514. The molecule has 2 N–H and O–H groups in total. The lowest BCUT2D eigenvalue weighted by Gasteiger charge is -2.33. The second-order valence-corrected chi connectivity index (χ2v) is 11.8. The molecule has 0 aliphatic rings. The number of nitrogens with one attached hydrogen (secondary N) is 2. The molecule has 0 aliphatic heterocycles. The van der Waals surface area contributed by atoms with Crippen LogP contribution in [0.5, 0.6) is 0 Å². The topological polar surface area (TPSA) is 67.4 Å². The summed E-state index contributed by atoms with van der Waals surface area (Å²) in [6.07, 6.45) is 1.79. The van der Waals surface area contributed by atoms with Crippen molar-refractivity contribution in [3.8, 4) is 0 Å². The monoisotopic (exact) mass is 402 g/mol. The van der Waals surface area contributed by atoms with Crippen LogP contribution >= 0.6 is 11.8 Å². The number of carbonyl (C=O) groups excluding carboxylic acids is 2. The summed E-state index contributed by atoms with van der Waals surface area (Å²) in [6, 6.07) is 0. The predicted octanol–water partition coefficient (Wildman–Crippen LogP) is 4.15. The highest BCUT2D eigenvalue weighted by Gasteiger charge is 2.26. The highest BCUT2D eigenvalue weighted by atomic mass is 32.2. The molecule has 2 amide bonds. The van der Waals surface area contributed by atoms with Crippen molar-refractivity contribution in [3.63, 3.8) is 0 Å². The molecule has 0 atom stereocenters. The van der Waals surface area contributed by atoms with Crippen LogP contribution in [-0.4, -0.2) is 46.6 Å². The van der Waals surface area contributed by atoms with Crippen molar-refractivity contribution in [3.05, 3.63) is 0 Å². The Morgan fingerprint density at radius 1 is 1.00 bits per heavy atom. The summed E-state index contributed by atoms with van der Waals surface area (Å²) in [6.45, 7) is 19.5. The summed E-state index contributed by atoms with van der Waals surface area (Å²) in [7, 11) is 0. The second-order valence-electron chi connectivity index (χ2n) is 9.89. The molecule has 27 heavy (non-hydrogen) atoms. The van der Waals surface area contributed by atoms with Gasteiger partial charge in [0, 0.05) is 29.9 Å². The van der Waals surface area contributed by atoms with Gasteiger partial charge in [0.2, 0.25) is 11.8 Å². The van der Waals surface area contributed by atoms with Crippen molar-refractivity contribution >= 4 is 23.6 Å². The fourth-order valence-electron chi connectivity index (χ4n) is 2.32. The van der Waals surface area contributed by atoms with Crippen LogP contribution in [0.4, 0.5) is 0 Å². The van der Waals surface area contributed by atoms with E-state index in [1.807, 2.05) is 41.5 Å². The van der Waals surface area contributed by atoms with Gasteiger partial charge in [-0.3, -0.25) is 9.59 Å². The van der Waals surface area contributed by atoms with Gasteiger partial charge in [-0.25, -0.2) is 0 Å². The zero-order valence-electron chi connectivity index (χ0n) is 19.0. The molecule has 0 fully saturated rings. The van der Waals surface area contributed by atoms with Crippen LogP contribution in [0.1, 0.15) is 81.6 Å². The zero-order valence-corrected chi connectivity index (χ0v) is 19.8. The average Bonchev–Trinajstić information content (AvgIpc) is 2.42. The summed E-state index contributed by atoms with van der Waals surface area (Å²) in [5.74, 6) is 1.31. The number of rotatable bonds is 12. The molecule has 0 aromatic carbocycles. The van der Waals surface area contributed by atoms with Crippen molar-refractivity contribution in [2.45, 2.75) is 97.5 Å². The van der Waals surface area contributed by atoms with Gasteiger partial charge in [0.05, 0.1) is 17.7 Å². The molecule has 0 radical (unpaired) electrons. The van der Waals surface area contributed by atoms with Gasteiger partial charge in [-0.1, -0.05) is 34.6 Å². The third-order valence-electron chi connectivity index (χ3n) is 3.81. The van der Waals surface area contributed by atoms with Gasteiger partial charge in [-0.05, 0) is 40.0 Å². The van der Waals surface area contributed by atoms with Crippen LogP contribution in [0.25, 0.3) is 0 Å². The van der Waals surface area contributed by atoms with Crippen LogP contribution < -0.4 is 10.6 Å². The summed E-state index contributed by atoms with van der Waals surface area (Å²) < 4.78 is 6.22. The third kappa shape index (κ3) is 16.0. The molecule has 0 saturated carbocycles. The Bertz CT molecular complexity index is 469. The molecule has 0 unspecified atom stereocenters. The van der Waals surface area contributed by atoms with E-state index in [-0.39, 0.29) is 22.2 Å². The molecule has 160 valence electrons. The van der Waals surface area contributed by atoms with E-state index in [0.29, 0.717) is 31.9 Å². The number of amides is 2. The molecule has 5 nitrogen and oxygen atoms in total. The molecule has 6 heteroatoms. The van der Waals surface area contributed by atoms with E-state index in [1.165, 1.54) is 0 Å². The third-order valence-corrected chi connectivity index (χ3v) is 5.08. The fraction of sp³-hybridized carbons (Fsp3) is 0.905. The average molecular weight is 403 g/mol. The summed E-state index contributed by atoms with van der Waals surface area (Å²) in [5.41, 5.74) is -0.795. The molecule has 0 saturated heterocycles. The molecule has 0 rings (SSSR count). The Hall–Kier alpha value is -0.750. The van der Waals surface area contributed by atoms with Crippen LogP contribution in [0.2, 0.25) is 0 Å². The van der Waals surface area contributed by atoms with Crippen LogP contribution in [0.3, 0.4) is 0 Å². The van der Waals surface area contributed by atoms with Crippen molar-refractivity contribution < 1.29 is 14.3 Å². The first-order valence-corrected chi connectivity index (χ1v) is 11.0. The Balaban J connectivity index is 4.21. The maximum Gasteiger partial charge on any atom is 0.221 e. The van der Waals surface area contributed by atoms with E-state index in [4.69, 9.17) is 4.74 Å². The van der Waals surface area contributed by atoms with E-state index in [1.54, 1.807) is 11.8 Å². The Morgan fingerprint density at radius 3 is 2.11 bits per heavy atom. The Morgan fingerprint density at radius 2 is 1.59 bits per heavy atom. The highest BCUT2D eigenvalue weighted by molar-refractivity contribution is 8.00. The van der Waals surface area contributed by atoms with E-state index < -0.39 is 5.54 Å². The first kappa shape index (κ1) is 26.2. The zero-order chi connectivity index (χ0) is 21.3. The van der Waals surface area contributed by atoms with Gasteiger partial charge in [-0.15, -0.1) is 0 Å². The highest BCUT2D eigenvalue weighted by Crippen LogP contribution is 2.23. The SMILES string of the molecule is CC(C)CC(=O)NCCC(C)(C)OCC(C)(C)NC(=O)CCSC(C)(C)C. The van der Waals surface area contributed by atoms with Crippen molar-refractivity contribution in [1.29, 1.82) is 0 Å². The summed E-state index contributed by atoms with van der Waals surface area (Å²) in [5, 5.41) is 6.01. The standard InChI is InChI=1S/C21H42N2O3S/c1-16(2)14-18(25)22-12-11-21(8,9)26-15-20(6,7)23-17(24)10-13-27-19(3,4)5/h16H,10-15H2,1-9H3,(H,22,25)(H,23,24). The molecule has 0 heterocycles. The number of hydrogen-bond acceptors (Lipinski definition) is 4. The molecule has 0 bridgehead atoms. The predicted molar refractivity (Wildman–Crippen MR) is 116 cm³/mol. The maximum atomic E-state index is 12.2. The Kier molecular flexibility index (Phi) is 11.0. The van der Waals surface area contributed by atoms with E-state index in [0.717, 1.165) is 12.2 Å². The van der Waals surface area contributed by atoms with Gasteiger partial charge in [0.25, 0.3) is 0 Å². The van der Waals surface area contributed by atoms with E-state index in [9.17, 15) is 9.59 Å². The van der Waals surface area contributed by atoms with Gasteiger partial charge in [-0.2, -0.15) is 11.8 Å². The van der Waals surface area contributed by atoms with Gasteiger partial charge in [0.15, 0.2) is 0 Å². The number of ether oxygens (including phenoxy) is 1. The number of carbonyl (C=O) groups is 2. The fourth-order valence-corrected chi connectivity index (χ4v) is 3.22. The van der Waals surface area contributed by atoms with Crippen LogP contribution in [-0.2, 0) is 14.3 Å². The minimum atomic E-state index is -0.429. The minimum absolute atomic E-state index is 0.0547. The van der Waals surface area contributed by atoms with Crippen molar-refractivity contribution in [2.24, 2.45) is 5.92 Å². The lowest BCUT2D eigenvalue weighted by molar-refractivity contribution is -0.125. The van der Waals surface area contributed by atoms with E-state index in [2.05, 4.69) is 31.4 Å². The van der Waals surface area contributed by atoms with Gasteiger partial charge < -0.3 is 15.4 Å². The smallest absolute Gasteiger partial charge is 0.221 e. The lowest BCUT2D eigenvalue weighted by Crippen LogP contribution is -2.49. The van der Waals surface area contributed by atoms with Gasteiger partial charge >= 0.3 is 0 Å². The minimum Gasteiger partial charge on any atom is -0.373 e. The van der Waals surface area contributed by atoms with Crippen molar-refractivity contribution in [1.82, 2.24) is 10.6 Å². The summed E-state index contributed by atoms with van der Waals surface area (Å²) in [4.78, 5) is 23.9. The molecule has 0 spiro atoms. The molecule has 0 aliphatic carbocycles. The largest absolute Gasteiger partial charge is 0.373 e. The van der Waals surface area contributed by atoms with E-state index >= 15 is 0 Å².